The Labute approximate surface area is 156 Å². The summed E-state index contributed by atoms with van der Waals surface area (Å²) in [6.07, 6.45) is -2.10. The number of alkyl halides is 3. The number of benzene rings is 1. The molecule has 1 heterocycles. The summed E-state index contributed by atoms with van der Waals surface area (Å²) in [5.41, 5.74) is 0.190. The maximum Gasteiger partial charge on any atom is 0.573 e. The Morgan fingerprint density at radius 3 is 2.61 bits per heavy atom. The Balaban J connectivity index is 1.59. The molecule has 0 aliphatic heterocycles. The van der Waals surface area contributed by atoms with Crippen LogP contribution in [0.25, 0.3) is 0 Å². The summed E-state index contributed by atoms with van der Waals surface area (Å²) in [7, 11) is 0. The first-order valence-corrected chi connectivity index (χ1v) is 8.17. The number of nitrogens with one attached hydrogen (secondary N) is 2. The highest BCUT2D eigenvalue weighted by Gasteiger charge is 2.32. The number of carbonyl (C=O) groups is 2. The van der Waals surface area contributed by atoms with Crippen LogP contribution in [0, 0.1) is 11.7 Å². The van der Waals surface area contributed by atoms with Crippen LogP contribution in [-0.4, -0.2) is 28.1 Å². The summed E-state index contributed by atoms with van der Waals surface area (Å²) in [6, 6.07) is 4.15. The van der Waals surface area contributed by atoms with Crippen LogP contribution in [0.15, 0.2) is 30.5 Å². The largest absolute Gasteiger partial charge is 0.573 e. The molecule has 0 unspecified atom stereocenters. The summed E-state index contributed by atoms with van der Waals surface area (Å²) in [6.45, 7) is -0.157. The summed E-state index contributed by atoms with van der Waals surface area (Å²) >= 11 is 0. The fourth-order valence-electron chi connectivity index (χ4n) is 2.24. The SMILES string of the molecule is O=C(NCc1ccc(OC(F)(F)F)c(F)c1)c1ccnc(NC(=O)C2CC2)n1. The average Bonchev–Trinajstić information content (AvgIpc) is 3.46. The van der Waals surface area contributed by atoms with Crippen LogP contribution in [0.4, 0.5) is 23.5 Å². The lowest BCUT2D eigenvalue weighted by atomic mass is 10.2. The standard InChI is InChI=1S/C17H14F4N4O3/c18-11-7-9(1-4-13(11)28-17(19,20)21)8-23-15(27)12-5-6-22-16(24-12)25-14(26)10-2-3-10/h1,4-7,10H,2-3,8H2,(H,23,27)(H,22,24,25,26). The quantitative estimate of drug-likeness (QED) is 0.730. The minimum Gasteiger partial charge on any atom is -0.403 e. The molecule has 3 rings (SSSR count). The van der Waals surface area contributed by atoms with Gasteiger partial charge in [-0.25, -0.2) is 14.4 Å². The average molecular weight is 398 g/mol. The van der Waals surface area contributed by atoms with Crippen LogP contribution in [0.1, 0.15) is 28.9 Å². The Morgan fingerprint density at radius 1 is 1.21 bits per heavy atom. The minimum atomic E-state index is -5.00. The maximum absolute atomic E-state index is 13.7. The van der Waals surface area contributed by atoms with Crippen molar-refractivity contribution in [1.82, 2.24) is 15.3 Å². The monoisotopic (exact) mass is 398 g/mol. The second-order valence-electron chi connectivity index (χ2n) is 6.02. The number of rotatable bonds is 6. The lowest BCUT2D eigenvalue weighted by Gasteiger charge is -2.11. The molecule has 0 radical (unpaired) electrons. The van der Waals surface area contributed by atoms with Crippen molar-refractivity contribution in [2.24, 2.45) is 5.92 Å². The summed E-state index contributed by atoms with van der Waals surface area (Å²) < 4.78 is 53.6. The number of ether oxygens (including phenoxy) is 1. The lowest BCUT2D eigenvalue weighted by Crippen LogP contribution is -2.25. The normalized spacial score (nSPS) is 13.7. The zero-order valence-corrected chi connectivity index (χ0v) is 14.2. The fourth-order valence-corrected chi connectivity index (χ4v) is 2.24. The first-order chi connectivity index (χ1) is 13.2. The third kappa shape index (κ3) is 5.38. The second kappa shape index (κ2) is 7.79. The van der Waals surface area contributed by atoms with E-state index in [1.54, 1.807) is 0 Å². The first kappa shape index (κ1) is 19.5. The van der Waals surface area contributed by atoms with E-state index >= 15 is 0 Å². The number of aromatic nitrogens is 2. The smallest absolute Gasteiger partial charge is 0.403 e. The van der Waals surface area contributed by atoms with Gasteiger partial charge in [0.1, 0.15) is 5.69 Å². The molecule has 0 bridgehead atoms. The molecular weight excluding hydrogens is 384 g/mol. The lowest BCUT2D eigenvalue weighted by molar-refractivity contribution is -0.275. The Morgan fingerprint density at radius 2 is 1.96 bits per heavy atom. The van der Waals surface area contributed by atoms with Crippen LogP contribution in [0.3, 0.4) is 0 Å². The molecule has 1 fully saturated rings. The Hall–Kier alpha value is -3.24. The molecule has 1 saturated carbocycles. The van der Waals surface area contributed by atoms with Crippen LogP contribution in [0.2, 0.25) is 0 Å². The van der Waals surface area contributed by atoms with Crippen LogP contribution in [-0.2, 0) is 11.3 Å². The maximum atomic E-state index is 13.7. The van der Waals surface area contributed by atoms with Gasteiger partial charge in [-0.2, -0.15) is 0 Å². The molecule has 7 nitrogen and oxygen atoms in total. The van der Waals surface area contributed by atoms with Crippen molar-refractivity contribution in [1.29, 1.82) is 0 Å². The third-order valence-electron chi connectivity index (χ3n) is 3.75. The van der Waals surface area contributed by atoms with Gasteiger partial charge in [-0.1, -0.05) is 6.07 Å². The number of halogens is 4. The summed E-state index contributed by atoms with van der Waals surface area (Å²) in [5, 5.41) is 4.96. The van der Waals surface area contributed by atoms with Crippen LogP contribution >= 0.6 is 0 Å². The molecule has 0 spiro atoms. The van der Waals surface area contributed by atoms with E-state index < -0.39 is 23.8 Å². The highest BCUT2D eigenvalue weighted by atomic mass is 19.4. The van der Waals surface area contributed by atoms with Gasteiger partial charge in [0.2, 0.25) is 11.9 Å². The molecule has 1 aliphatic carbocycles. The number of carbonyl (C=O) groups excluding carboxylic acids is 2. The second-order valence-corrected chi connectivity index (χ2v) is 6.02. The van der Waals surface area contributed by atoms with E-state index in [1.807, 2.05) is 0 Å². The molecule has 11 heteroatoms. The molecule has 2 N–H and O–H groups in total. The van der Waals surface area contributed by atoms with E-state index in [2.05, 4.69) is 25.3 Å². The number of amides is 2. The first-order valence-electron chi connectivity index (χ1n) is 8.17. The molecule has 28 heavy (non-hydrogen) atoms. The van der Waals surface area contributed by atoms with Gasteiger partial charge < -0.3 is 10.1 Å². The highest BCUT2D eigenvalue weighted by molar-refractivity contribution is 5.94. The molecule has 0 saturated heterocycles. The van der Waals surface area contributed by atoms with Gasteiger partial charge in [-0.05, 0) is 36.6 Å². The van der Waals surface area contributed by atoms with Crippen molar-refractivity contribution in [3.63, 3.8) is 0 Å². The topological polar surface area (TPSA) is 93.2 Å². The van der Waals surface area contributed by atoms with Gasteiger partial charge >= 0.3 is 6.36 Å². The zero-order chi connectivity index (χ0) is 20.3. The molecule has 1 aromatic carbocycles. The summed E-state index contributed by atoms with van der Waals surface area (Å²) in [5.74, 6) is -3.08. The molecular formula is C17H14F4N4O3. The Bertz CT molecular complexity index is 900. The molecule has 2 aromatic rings. The predicted octanol–water partition coefficient (Wildman–Crippen LogP) is 2.79. The van der Waals surface area contributed by atoms with Crippen molar-refractivity contribution in [3.8, 4) is 5.75 Å². The highest BCUT2D eigenvalue weighted by Crippen LogP contribution is 2.29. The van der Waals surface area contributed by atoms with Crippen molar-refractivity contribution in [3.05, 3.63) is 47.5 Å². The Kier molecular flexibility index (Phi) is 5.43. The number of hydrogen-bond acceptors (Lipinski definition) is 5. The number of anilines is 1. The van der Waals surface area contributed by atoms with Gasteiger partial charge in [0.05, 0.1) is 0 Å². The molecule has 2 amide bonds. The minimum absolute atomic E-state index is 0.00996. The van der Waals surface area contributed by atoms with E-state index in [1.165, 1.54) is 18.3 Å². The van der Waals surface area contributed by atoms with Gasteiger partial charge in [-0.3, -0.25) is 14.9 Å². The predicted molar refractivity (Wildman–Crippen MR) is 87.6 cm³/mol. The molecule has 1 aliphatic rings. The van der Waals surface area contributed by atoms with Crippen LogP contribution in [0.5, 0.6) is 5.75 Å². The van der Waals surface area contributed by atoms with Crippen molar-refractivity contribution in [2.45, 2.75) is 25.7 Å². The molecule has 0 atom stereocenters. The van der Waals surface area contributed by atoms with E-state index in [-0.39, 0.29) is 35.6 Å². The van der Waals surface area contributed by atoms with E-state index in [4.69, 9.17) is 0 Å². The van der Waals surface area contributed by atoms with E-state index in [0.29, 0.717) is 0 Å². The van der Waals surface area contributed by atoms with Crippen molar-refractivity contribution >= 4 is 17.8 Å². The van der Waals surface area contributed by atoms with Gasteiger partial charge in [-0.15, -0.1) is 13.2 Å². The summed E-state index contributed by atoms with van der Waals surface area (Å²) in [4.78, 5) is 31.7. The van der Waals surface area contributed by atoms with Crippen LogP contribution < -0.4 is 15.4 Å². The van der Waals surface area contributed by atoms with Gasteiger partial charge in [0.15, 0.2) is 11.6 Å². The van der Waals surface area contributed by atoms with E-state index in [9.17, 15) is 27.2 Å². The van der Waals surface area contributed by atoms with Gasteiger partial charge in [0.25, 0.3) is 5.91 Å². The number of nitrogens with zero attached hydrogens (tertiary/aromatic N) is 2. The van der Waals surface area contributed by atoms with E-state index in [0.717, 1.165) is 25.0 Å². The fraction of sp³-hybridized carbons (Fsp3) is 0.294. The van der Waals surface area contributed by atoms with Gasteiger partial charge in [0, 0.05) is 18.7 Å². The molecule has 1 aromatic heterocycles. The van der Waals surface area contributed by atoms with Crippen molar-refractivity contribution in [2.75, 3.05) is 5.32 Å². The third-order valence-corrected chi connectivity index (χ3v) is 3.75. The molecule has 148 valence electrons. The number of hydrogen-bond donors (Lipinski definition) is 2. The zero-order valence-electron chi connectivity index (χ0n) is 14.2. The van der Waals surface area contributed by atoms with Crippen molar-refractivity contribution < 1.29 is 31.9 Å².